The summed E-state index contributed by atoms with van der Waals surface area (Å²) in [6.07, 6.45) is 2.99. The molecular formula is C18H20ClNO. The van der Waals surface area contributed by atoms with Crippen molar-refractivity contribution >= 4 is 17.3 Å². The van der Waals surface area contributed by atoms with Crippen LogP contribution in [0.15, 0.2) is 42.5 Å². The van der Waals surface area contributed by atoms with Crippen molar-refractivity contribution in [2.75, 3.05) is 24.3 Å². The Balaban J connectivity index is 1.51. The molecule has 2 aromatic carbocycles. The Morgan fingerprint density at radius 2 is 1.81 bits per heavy atom. The topological polar surface area (TPSA) is 21.3 Å². The smallest absolute Gasteiger partial charge is 0.122 e. The maximum Gasteiger partial charge on any atom is 0.122 e. The molecule has 0 bridgehead atoms. The van der Waals surface area contributed by atoms with E-state index >= 15 is 0 Å². The molecule has 110 valence electrons. The van der Waals surface area contributed by atoms with Gasteiger partial charge in [-0.2, -0.15) is 0 Å². The van der Waals surface area contributed by atoms with Crippen LogP contribution in [0.5, 0.6) is 5.75 Å². The van der Waals surface area contributed by atoms with Crippen LogP contribution >= 0.6 is 11.6 Å². The number of rotatable bonds is 6. The molecule has 0 saturated carbocycles. The number of anilines is 1. The largest absolute Gasteiger partial charge is 0.493 e. The number of hydrogen-bond donors (Lipinski definition) is 1. The Labute approximate surface area is 131 Å². The van der Waals surface area contributed by atoms with Gasteiger partial charge in [-0.3, -0.25) is 0 Å². The predicted molar refractivity (Wildman–Crippen MR) is 88.7 cm³/mol. The highest BCUT2D eigenvalue weighted by molar-refractivity contribution is 6.17. The molecule has 1 aliphatic heterocycles. The Bertz CT molecular complexity index is 595. The number of ether oxygens (including phenoxy) is 1. The second-order valence-corrected chi connectivity index (χ2v) is 5.73. The molecule has 0 spiro atoms. The third-order valence-corrected chi connectivity index (χ3v) is 4.02. The molecule has 0 aromatic heterocycles. The number of hydrogen-bond acceptors (Lipinski definition) is 2. The van der Waals surface area contributed by atoms with E-state index in [-0.39, 0.29) is 0 Å². The average molecular weight is 302 g/mol. The number of halogens is 1. The molecule has 3 heteroatoms. The van der Waals surface area contributed by atoms with Gasteiger partial charge in [0.25, 0.3) is 0 Å². The van der Waals surface area contributed by atoms with Crippen LogP contribution in [0.4, 0.5) is 5.69 Å². The molecule has 0 saturated heterocycles. The van der Waals surface area contributed by atoms with Crippen molar-refractivity contribution in [3.8, 4) is 5.75 Å². The molecule has 0 fully saturated rings. The van der Waals surface area contributed by atoms with Gasteiger partial charge in [0.1, 0.15) is 5.75 Å². The van der Waals surface area contributed by atoms with Gasteiger partial charge >= 0.3 is 0 Å². The maximum absolute atomic E-state index is 5.74. The lowest BCUT2D eigenvalue weighted by Gasteiger charge is -2.08. The number of aryl methyl sites for hydroxylation is 1. The normalized spacial score (nSPS) is 12.8. The third-order valence-electron chi connectivity index (χ3n) is 3.83. The fourth-order valence-electron chi connectivity index (χ4n) is 2.64. The SMILES string of the molecule is ClCCc1ccc(NCCc2ccc3c(c2)CCO3)cc1. The van der Waals surface area contributed by atoms with Gasteiger partial charge in [0, 0.05) is 24.5 Å². The number of nitrogens with one attached hydrogen (secondary N) is 1. The van der Waals surface area contributed by atoms with Gasteiger partial charge in [0.05, 0.1) is 6.61 Å². The second-order valence-electron chi connectivity index (χ2n) is 5.35. The Kier molecular flexibility index (Phi) is 4.66. The summed E-state index contributed by atoms with van der Waals surface area (Å²) in [6, 6.07) is 15.0. The van der Waals surface area contributed by atoms with Gasteiger partial charge in [-0.15, -0.1) is 11.6 Å². The zero-order valence-corrected chi connectivity index (χ0v) is 12.8. The van der Waals surface area contributed by atoms with E-state index < -0.39 is 0 Å². The summed E-state index contributed by atoms with van der Waals surface area (Å²) in [5, 5.41) is 3.47. The molecule has 1 N–H and O–H groups in total. The van der Waals surface area contributed by atoms with Crippen molar-refractivity contribution in [1.29, 1.82) is 0 Å². The van der Waals surface area contributed by atoms with Crippen molar-refractivity contribution < 1.29 is 4.74 Å². The van der Waals surface area contributed by atoms with E-state index in [1.807, 2.05) is 0 Å². The highest BCUT2D eigenvalue weighted by atomic mass is 35.5. The van der Waals surface area contributed by atoms with Crippen LogP contribution < -0.4 is 10.1 Å². The first kappa shape index (κ1) is 14.3. The van der Waals surface area contributed by atoms with Gasteiger partial charge in [-0.25, -0.2) is 0 Å². The molecule has 21 heavy (non-hydrogen) atoms. The van der Waals surface area contributed by atoms with E-state index in [1.54, 1.807) is 0 Å². The standard InChI is InChI=1S/C18H20ClNO/c19-10-7-14-1-4-17(5-2-14)20-11-8-15-3-6-18-16(13-15)9-12-21-18/h1-6,13,20H,7-12H2. The Morgan fingerprint density at radius 3 is 2.62 bits per heavy atom. The first-order valence-corrected chi connectivity index (χ1v) is 8.02. The minimum absolute atomic E-state index is 0.675. The predicted octanol–water partition coefficient (Wildman–Crippen LogP) is 4.06. The zero-order chi connectivity index (χ0) is 14.5. The first-order chi connectivity index (χ1) is 10.3. The van der Waals surface area contributed by atoms with Crippen LogP contribution in [-0.4, -0.2) is 19.0 Å². The summed E-state index contributed by atoms with van der Waals surface area (Å²) in [7, 11) is 0. The van der Waals surface area contributed by atoms with Crippen LogP contribution in [0.25, 0.3) is 0 Å². The second kappa shape index (κ2) is 6.86. The molecule has 3 rings (SSSR count). The summed E-state index contributed by atoms with van der Waals surface area (Å²) < 4.78 is 5.53. The molecule has 2 nitrogen and oxygen atoms in total. The van der Waals surface area contributed by atoms with E-state index in [2.05, 4.69) is 47.8 Å². The highest BCUT2D eigenvalue weighted by Crippen LogP contribution is 2.26. The van der Waals surface area contributed by atoms with E-state index in [0.717, 1.165) is 43.9 Å². The Hall–Kier alpha value is -1.67. The van der Waals surface area contributed by atoms with Crippen molar-refractivity contribution in [2.24, 2.45) is 0 Å². The molecule has 0 unspecified atom stereocenters. The molecular weight excluding hydrogens is 282 g/mol. The quantitative estimate of drug-likeness (QED) is 0.813. The summed E-state index contributed by atoms with van der Waals surface area (Å²) in [4.78, 5) is 0. The molecule has 0 radical (unpaired) electrons. The van der Waals surface area contributed by atoms with Gasteiger partial charge in [0.15, 0.2) is 0 Å². The van der Waals surface area contributed by atoms with Crippen molar-refractivity contribution in [2.45, 2.75) is 19.3 Å². The lowest BCUT2D eigenvalue weighted by atomic mass is 10.1. The highest BCUT2D eigenvalue weighted by Gasteiger charge is 2.11. The van der Waals surface area contributed by atoms with E-state index in [4.69, 9.17) is 16.3 Å². The minimum atomic E-state index is 0.675. The minimum Gasteiger partial charge on any atom is -0.493 e. The van der Waals surface area contributed by atoms with Crippen LogP contribution in [0.1, 0.15) is 16.7 Å². The van der Waals surface area contributed by atoms with Crippen LogP contribution in [-0.2, 0) is 19.3 Å². The summed E-state index contributed by atoms with van der Waals surface area (Å²) in [6.45, 7) is 1.76. The van der Waals surface area contributed by atoms with Gasteiger partial charge in [-0.1, -0.05) is 24.3 Å². The monoisotopic (exact) mass is 301 g/mol. The maximum atomic E-state index is 5.74. The van der Waals surface area contributed by atoms with Crippen molar-refractivity contribution in [1.82, 2.24) is 0 Å². The number of fused-ring (bicyclic) bond motifs is 1. The lowest BCUT2D eigenvalue weighted by Crippen LogP contribution is -2.05. The van der Waals surface area contributed by atoms with Crippen LogP contribution in [0.2, 0.25) is 0 Å². The lowest BCUT2D eigenvalue weighted by molar-refractivity contribution is 0.357. The summed E-state index contributed by atoms with van der Waals surface area (Å²) >= 11 is 5.74. The third kappa shape index (κ3) is 3.70. The van der Waals surface area contributed by atoms with Crippen LogP contribution in [0, 0.1) is 0 Å². The van der Waals surface area contributed by atoms with E-state index in [0.29, 0.717) is 5.88 Å². The number of alkyl halides is 1. The molecule has 2 aromatic rings. The molecule has 0 amide bonds. The molecule has 1 aliphatic rings. The first-order valence-electron chi connectivity index (χ1n) is 7.48. The summed E-state index contributed by atoms with van der Waals surface area (Å²) in [5.74, 6) is 1.73. The van der Waals surface area contributed by atoms with Crippen molar-refractivity contribution in [3.63, 3.8) is 0 Å². The zero-order valence-electron chi connectivity index (χ0n) is 12.1. The fraction of sp³-hybridized carbons (Fsp3) is 0.333. The molecule has 0 aliphatic carbocycles. The Morgan fingerprint density at radius 1 is 1.00 bits per heavy atom. The van der Waals surface area contributed by atoms with Crippen molar-refractivity contribution in [3.05, 3.63) is 59.2 Å². The number of benzene rings is 2. The average Bonchev–Trinajstić information content (AvgIpc) is 2.97. The summed E-state index contributed by atoms with van der Waals surface area (Å²) in [5.41, 5.74) is 5.16. The molecule has 1 heterocycles. The van der Waals surface area contributed by atoms with Crippen LogP contribution in [0.3, 0.4) is 0 Å². The molecule has 0 atom stereocenters. The van der Waals surface area contributed by atoms with E-state index in [9.17, 15) is 0 Å². The fourth-order valence-corrected chi connectivity index (χ4v) is 2.86. The van der Waals surface area contributed by atoms with Gasteiger partial charge in [-0.05, 0) is 47.7 Å². The van der Waals surface area contributed by atoms with Gasteiger partial charge < -0.3 is 10.1 Å². The van der Waals surface area contributed by atoms with Gasteiger partial charge in [0.2, 0.25) is 0 Å². The van der Waals surface area contributed by atoms with E-state index in [1.165, 1.54) is 16.7 Å².